The van der Waals surface area contributed by atoms with Crippen LogP contribution in [0.25, 0.3) is 16.8 Å². The molecule has 2 heterocycles. The molecule has 2 aromatic carbocycles. The van der Waals surface area contributed by atoms with Gasteiger partial charge < -0.3 is 4.74 Å². The molecule has 4 aromatic rings. The van der Waals surface area contributed by atoms with Gasteiger partial charge in [-0.05, 0) is 42.8 Å². The van der Waals surface area contributed by atoms with Gasteiger partial charge in [-0.1, -0.05) is 41.6 Å². The number of fused-ring (bicyclic) bond motifs is 1. The van der Waals surface area contributed by atoms with Crippen molar-refractivity contribution >= 4 is 17.3 Å². The van der Waals surface area contributed by atoms with Crippen LogP contribution in [-0.4, -0.2) is 26.9 Å². The van der Waals surface area contributed by atoms with Gasteiger partial charge >= 0.3 is 0 Å². The summed E-state index contributed by atoms with van der Waals surface area (Å²) in [5.41, 5.74) is 4.25. The van der Waals surface area contributed by atoms with Crippen molar-refractivity contribution in [2.24, 2.45) is 0 Å². The van der Waals surface area contributed by atoms with Gasteiger partial charge in [0.15, 0.2) is 0 Å². The molecular formula is C20H18N4O2S. The number of aryl methyl sites for hydroxylation is 1. The number of rotatable bonds is 5. The Morgan fingerprint density at radius 3 is 2.56 bits per heavy atom. The average molecular weight is 378 g/mol. The van der Waals surface area contributed by atoms with Crippen molar-refractivity contribution < 1.29 is 4.74 Å². The number of H-pyrrole nitrogens is 1. The third kappa shape index (κ3) is 3.59. The van der Waals surface area contributed by atoms with Crippen LogP contribution >= 0.6 is 11.8 Å². The monoisotopic (exact) mass is 378 g/mol. The van der Waals surface area contributed by atoms with Gasteiger partial charge in [-0.15, -0.1) is 5.10 Å². The van der Waals surface area contributed by atoms with Crippen LogP contribution in [0.5, 0.6) is 5.75 Å². The Morgan fingerprint density at radius 1 is 1.11 bits per heavy atom. The van der Waals surface area contributed by atoms with E-state index in [2.05, 4.69) is 46.5 Å². The van der Waals surface area contributed by atoms with Crippen molar-refractivity contribution in [2.45, 2.75) is 17.8 Å². The summed E-state index contributed by atoms with van der Waals surface area (Å²) in [6.45, 7) is 2.06. The minimum Gasteiger partial charge on any atom is -0.497 e. The first-order chi connectivity index (χ1) is 13.1. The van der Waals surface area contributed by atoms with Crippen LogP contribution in [0.2, 0.25) is 0 Å². The molecule has 0 aliphatic carbocycles. The molecule has 0 saturated carbocycles. The molecule has 4 rings (SSSR count). The van der Waals surface area contributed by atoms with E-state index in [4.69, 9.17) is 4.74 Å². The van der Waals surface area contributed by atoms with Gasteiger partial charge in [0.05, 0.1) is 12.8 Å². The first-order valence-corrected chi connectivity index (χ1v) is 9.44. The van der Waals surface area contributed by atoms with Crippen molar-refractivity contribution in [2.75, 3.05) is 7.11 Å². The van der Waals surface area contributed by atoms with Gasteiger partial charge in [0.1, 0.15) is 11.3 Å². The summed E-state index contributed by atoms with van der Waals surface area (Å²) in [4.78, 5) is 12.2. The summed E-state index contributed by atoms with van der Waals surface area (Å²) in [5, 5.41) is 12.0. The molecule has 0 spiro atoms. The second kappa shape index (κ2) is 7.28. The summed E-state index contributed by atoms with van der Waals surface area (Å²) in [5.74, 6) is 1.52. The molecule has 0 unspecified atom stereocenters. The third-order valence-electron chi connectivity index (χ3n) is 4.25. The summed E-state index contributed by atoms with van der Waals surface area (Å²) < 4.78 is 6.80. The SMILES string of the molecule is COc1ccc(-c2cc3c(=O)[nH]nc(SCc4ccc(C)cc4)n3n2)cc1. The molecule has 0 aliphatic heterocycles. The third-order valence-corrected chi connectivity index (χ3v) is 5.25. The first-order valence-electron chi connectivity index (χ1n) is 8.45. The fraction of sp³-hybridized carbons (Fsp3) is 0.150. The molecule has 6 nitrogen and oxygen atoms in total. The van der Waals surface area contributed by atoms with Crippen LogP contribution in [0.15, 0.2) is 64.5 Å². The summed E-state index contributed by atoms with van der Waals surface area (Å²) in [7, 11) is 1.63. The van der Waals surface area contributed by atoms with Crippen LogP contribution < -0.4 is 10.3 Å². The van der Waals surface area contributed by atoms with E-state index in [1.54, 1.807) is 17.7 Å². The Hall–Kier alpha value is -3.06. The second-order valence-electron chi connectivity index (χ2n) is 6.16. The van der Waals surface area contributed by atoms with E-state index < -0.39 is 0 Å². The maximum atomic E-state index is 12.2. The molecule has 0 aliphatic rings. The number of ether oxygens (including phenoxy) is 1. The normalized spacial score (nSPS) is 11.0. The zero-order chi connectivity index (χ0) is 18.8. The molecule has 0 radical (unpaired) electrons. The van der Waals surface area contributed by atoms with Crippen LogP contribution in [0.3, 0.4) is 0 Å². The first kappa shape index (κ1) is 17.4. The lowest BCUT2D eigenvalue weighted by Gasteiger charge is -2.04. The number of thioether (sulfide) groups is 1. The van der Waals surface area contributed by atoms with Crippen molar-refractivity contribution in [3.63, 3.8) is 0 Å². The molecule has 27 heavy (non-hydrogen) atoms. The number of aromatic nitrogens is 4. The number of nitrogens with one attached hydrogen (secondary N) is 1. The highest BCUT2D eigenvalue weighted by atomic mass is 32.2. The van der Waals surface area contributed by atoms with Crippen molar-refractivity contribution in [1.82, 2.24) is 19.8 Å². The minimum atomic E-state index is -0.262. The predicted octanol–water partition coefficient (Wildman–Crippen LogP) is 3.69. The zero-order valence-corrected chi connectivity index (χ0v) is 15.8. The van der Waals surface area contributed by atoms with Crippen LogP contribution in [0.4, 0.5) is 0 Å². The summed E-state index contributed by atoms with van der Waals surface area (Å²) in [6.07, 6.45) is 0. The highest BCUT2D eigenvalue weighted by Crippen LogP contribution is 2.25. The minimum absolute atomic E-state index is 0.262. The number of benzene rings is 2. The quantitative estimate of drug-likeness (QED) is 0.536. The topological polar surface area (TPSA) is 72.3 Å². The lowest BCUT2D eigenvalue weighted by Crippen LogP contribution is -2.13. The maximum Gasteiger partial charge on any atom is 0.290 e. The Labute approximate surface area is 160 Å². The fourth-order valence-corrected chi connectivity index (χ4v) is 3.58. The number of hydrogen-bond acceptors (Lipinski definition) is 5. The van der Waals surface area contributed by atoms with E-state index in [0.717, 1.165) is 17.1 Å². The second-order valence-corrected chi connectivity index (χ2v) is 7.11. The number of hydrogen-bond donors (Lipinski definition) is 1. The van der Waals surface area contributed by atoms with Crippen molar-refractivity contribution in [3.8, 4) is 17.0 Å². The van der Waals surface area contributed by atoms with Crippen molar-refractivity contribution in [1.29, 1.82) is 0 Å². The lowest BCUT2D eigenvalue weighted by atomic mass is 10.1. The van der Waals surface area contributed by atoms with Gasteiger partial charge in [-0.3, -0.25) is 4.79 Å². The van der Waals surface area contributed by atoms with E-state index in [-0.39, 0.29) is 5.56 Å². The molecule has 0 bridgehead atoms. The van der Waals surface area contributed by atoms with E-state index >= 15 is 0 Å². The smallest absolute Gasteiger partial charge is 0.290 e. The standard InChI is InChI=1S/C20H18N4O2S/c1-13-3-5-14(6-4-13)12-27-20-22-21-19(25)18-11-17(23-24(18)20)15-7-9-16(26-2)10-8-15/h3-11H,12H2,1-2H3,(H,21,25). The molecule has 0 fully saturated rings. The van der Waals surface area contributed by atoms with Gasteiger partial charge in [-0.25, -0.2) is 9.61 Å². The van der Waals surface area contributed by atoms with Crippen LogP contribution in [-0.2, 0) is 5.75 Å². The molecule has 2 aromatic heterocycles. The average Bonchev–Trinajstić information content (AvgIpc) is 3.15. The van der Waals surface area contributed by atoms with Gasteiger partial charge in [0.25, 0.3) is 5.56 Å². The Bertz CT molecular complexity index is 1130. The molecule has 0 amide bonds. The van der Waals surface area contributed by atoms with Crippen LogP contribution in [0, 0.1) is 6.92 Å². The number of methoxy groups -OCH3 is 1. The number of nitrogens with zero attached hydrogens (tertiary/aromatic N) is 3. The van der Waals surface area contributed by atoms with E-state index in [0.29, 0.717) is 16.4 Å². The van der Waals surface area contributed by atoms with E-state index in [1.807, 2.05) is 24.3 Å². The molecule has 0 atom stereocenters. The van der Waals surface area contributed by atoms with E-state index in [9.17, 15) is 4.79 Å². The largest absolute Gasteiger partial charge is 0.497 e. The number of aromatic amines is 1. The highest BCUT2D eigenvalue weighted by Gasteiger charge is 2.12. The molecule has 7 heteroatoms. The Balaban J connectivity index is 1.67. The highest BCUT2D eigenvalue weighted by molar-refractivity contribution is 7.98. The molecule has 1 N–H and O–H groups in total. The Kier molecular flexibility index (Phi) is 4.68. The fourth-order valence-electron chi connectivity index (χ4n) is 2.72. The summed E-state index contributed by atoms with van der Waals surface area (Å²) >= 11 is 1.53. The lowest BCUT2D eigenvalue weighted by molar-refractivity contribution is 0.415. The van der Waals surface area contributed by atoms with Crippen LogP contribution in [0.1, 0.15) is 11.1 Å². The maximum absolute atomic E-state index is 12.2. The van der Waals surface area contributed by atoms with Crippen molar-refractivity contribution in [3.05, 3.63) is 76.1 Å². The van der Waals surface area contributed by atoms with E-state index in [1.165, 1.54) is 22.9 Å². The zero-order valence-electron chi connectivity index (χ0n) is 15.0. The molecule has 0 saturated heterocycles. The summed E-state index contributed by atoms with van der Waals surface area (Å²) in [6, 6.07) is 17.7. The van der Waals surface area contributed by atoms with Gasteiger partial charge in [0.2, 0.25) is 5.16 Å². The Morgan fingerprint density at radius 2 is 1.85 bits per heavy atom. The predicted molar refractivity (Wildman–Crippen MR) is 106 cm³/mol. The molecular weight excluding hydrogens is 360 g/mol. The van der Waals surface area contributed by atoms with Gasteiger partial charge in [0, 0.05) is 11.3 Å². The van der Waals surface area contributed by atoms with Gasteiger partial charge in [-0.2, -0.15) is 5.10 Å². The molecule has 136 valence electrons.